The van der Waals surface area contributed by atoms with Crippen molar-refractivity contribution in [2.45, 2.75) is 6.92 Å². The molecule has 0 fully saturated rings. The van der Waals surface area contributed by atoms with Crippen molar-refractivity contribution in [1.29, 1.82) is 0 Å². The normalized spacial score (nSPS) is 11.4. The summed E-state index contributed by atoms with van der Waals surface area (Å²) in [4.78, 5) is 18.4. The zero-order valence-electron chi connectivity index (χ0n) is 23.6. The van der Waals surface area contributed by atoms with Crippen LogP contribution in [0.25, 0.3) is 77.3 Å². The molecule has 0 saturated heterocycles. The Kier molecular flexibility index (Phi) is 5.97. The summed E-state index contributed by atoms with van der Waals surface area (Å²) >= 11 is 0. The smallest absolute Gasteiger partial charge is 0.0886 e. The molecule has 0 bridgehead atoms. The molecular weight excluding hydrogens is 524 g/mol. The van der Waals surface area contributed by atoms with E-state index in [4.69, 9.17) is 9.97 Å². The Morgan fingerprint density at radius 2 is 0.814 bits per heavy atom. The quantitative estimate of drug-likeness (QED) is 0.205. The van der Waals surface area contributed by atoms with Crippen LogP contribution in [-0.4, -0.2) is 19.9 Å². The monoisotopic (exact) mass is 550 g/mol. The van der Waals surface area contributed by atoms with Crippen LogP contribution >= 0.6 is 0 Å². The third-order valence-electron chi connectivity index (χ3n) is 8.13. The second kappa shape index (κ2) is 10.3. The summed E-state index contributed by atoms with van der Waals surface area (Å²) in [5, 5.41) is 7.42. The van der Waals surface area contributed by atoms with E-state index in [1.54, 1.807) is 6.20 Å². The minimum Gasteiger partial charge on any atom is -0.255 e. The van der Waals surface area contributed by atoms with E-state index < -0.39 is 0 Å². The van der Waals surface area contributed by atoms with Crippen LogP contribution in [-0.2, 0) is 0 Å². The van der Waals surface area contributed by atoms with Gasteiger partial charge in [0.15, 0.2) is 0 Å². The molecule has 4 nitrogen and oxygen atoms in total. The molecule has 43 heavy (non-hydrogen) atoms. The molecule has 4 heteroatoms. The lowest BCUT2D eigenvalue weighted by Gasteiger charge is -2.13. The average molecular weight is 551 g/mol. The highest BCUT2D eigenvalue weighted by Gasteiger charge is 2.12. The molecule has 0 N–H and O–H groups in total. The van der Waals surface area contributed by atoms with Gasteiger partial charge in [0.1, 0.15) is 0 Å². The average Bonchev–Trinajstić information content (AvgIpc) is 3.09. The highest BCUT2D eigenvalue weighted by atomic mass is 14.8. The van der Waals surface area contributed by atoms with Crippen LogP contribution in [0.1, 0.15) is 5.56 Å². The van der Waals surface area contributed by atoms with E-state index in [0.717, 1.165) is 50.6 Å². The Morgan fingerprint density at radius 3 is 1.28 bits per heavy atom. The molecule has 4 aromatic heterocycles. The van der Waals surface area contributed by atoms with E-state index >= 15 is 0 Å². The molecule has 0 aliphatic carbocycles. The minimum absolute atomic E-state index is 0.869. The van der Waals surface area contributed by atoms with Crippen molar-refractivity contribution in [2.75, 3.05) is 0 Å². The Balaban J connectivity index is 1.21. The molecule has 202 valence electrons. The standard InChI is InChI=1S/C39H26N4/c1-25-9-16-37(41-22-25)39-18-13-29(24-43-39)27-11-15-33-32-14-10-26(20-34(32)30-6-2-3-7-31(30)35(33)21-27)28-12-17-38(42-23-28)36-8-4-5-19-40-36/h2-24H,1H3. The molecule has 8 aromatic rings. The Bertz CT molecular complexity index is 2240. The highest BCUT2D eigenvalue weighted by molar-refractivity contribution is 6.26. The van der Waals surface area contributed by atoms with Gasteiger partial charge in [0.25, 0.3) is 0 Å². The first-order chi connectivity index (χ1) is 21.2. The van der Waals surface area contributed by atoms with Gasteiger partial charge in [0, 0.05) is 35.9 Å². The lowest BCUT2D eigenvalue weighted by atomic mass is 9.90. The van der Waals surface area contributed by atoms with Crippen molar-refractivity contribution in [1.82, 2.24) is 19.9 Å². The van der Waals surface area contributed by atoms with Gasteiger partial charge in [0.05, 0.1) is 22.8 Å². The first-order valence-electron chi connectivity index (χ1n) is 14.4. The van der Waals surface area contributed by atoms with Crippen molar-refractivity contribution in [2.24, 2.45) is 0 Å². The number of benzene rings is 4. The van der Waals surface area contributed by atoms with Crippen LogP contribution in [0.5, 0.6) is 0 Å². The lowest BCUT2D eigenvalue weighted by molar-refractivity contribution is 1.22. The number of rotatable bonds is 4. The molecule has 0 saturated carbocycles. The fraction of sp³-hybridized carbons (Fsp3) is 0.0256. The van der Waals surface area contributed by atoms with Crippen LogP contribution in [0.2, 0.25) is 0 Å². The first kappa shape index (κ1) is 25.0. The number of hydrogen-bond acceptors (Lipinski definition) is 4. The number of nitrogens with zero attached hydrogens (tertiary/aromatic N) is 4. The van der Waals surface area contributed by atoms with Gasteiger partial charge in [-0.3, -0.25) is 19.9 Å². The highest BCUT2D eigenvalue weighted by Crippen LogP contribution is 2.39. The van der Waals surface area contributed by atoms with Crippen LogP contribution in [0.15, 0.2) is 140 Å². The summed E-state index contributed by atoms with van der Waals surface area (Å²) in [6.07, 6.45) is 7.56. The molecular formula is C39H26N4. The zero-order valence-corrected chi connectivity index (χ0v) is 23.6. The third kappa shape index (κ3) is 4.50. The summed E-state index contributed by atoms with van der Waals surface area (Å²) in [6.45, 7) is 2.04. The summed E-state index contributed by atoms with van der Waals surface area (Å²) in [6, 6.07) is 40.5. The van der Waals surface area contributed by atoms with Crippen molar-refractivity contribution < 1.29 is 0 Å². The zero-order chi connectivity index (χ0) is 28.8. The van der Waals surface area contributed by atoms with Gasteiger partial charge >= 0.3 is 0 Å². The van der Waals surface area contributed by atoms with Crippen molar-refractivity contribution in [3.63, 3.8) is 0 Å². The Morgan fingerprint density at radius 1 is 0.349 bits per heavy atom. The maximum atomic E-state index is 4.74. The molecule has 0 aliphatic heterocycles. The van der Waals surface area contributed by atoms with Gasteiger partial charge in [-0.15, -0.1) is 0 Å². The Hall–Kier alpha value is -5.74. The van der Waals surface area contributed by atoms with Crippen LogP contribution < -0.4 is 0 Å². The largest absolute Gasteiger partial charge is 0.255 e. The second-order valence-corrected chi connectivity index (χ2v) is 10.9. The summed E-state index contributed by atoms with van der Waals surface area (Å²) in [5.74, 6) is 0. The van der Waals surface area contributed by atoms with E-state index in [9.17, 15) is 0 Å². The van der Waals surface area contributed by atoms with Crippen molar-refractivity contribution >= 4 is 32.3 Å². The van der Waals surface area contributed by atoms with Gasteiger partial charge in [-0.05, 0) is 98.4 Å². The predicted octanol–water partition coefficient (Wildman–Crippen LogP) is 9.70. The SMILES string of the molecule is Cc1ccc(-c2ccc(-c3ccc4c5ccc(-c6ccc(-c7ccccn7)nc6)cc5c5ccccc5c4c3)cn2)nc1. The maximum absolute atomic E-state index is 4.74. The molecule has 0 unspecified atom stereocenters. The lowest BCUT2D eigenvalue weighted by Crippen LogP contribution is -1.90. The van der Waals surface area contributed by atoms with E-state index in [-0.39, 0.29) is 0 Å². The molecule has 0 amide bonds. The number of aromatic nitrogens is 4. The maximum Gasteiger partial charge on any atom is 0.0886 e. The minimum atomic E-state index is 0.869. The number of aryl methyl sites for hydroxylation is 1. The topological polar surface area (TPSA) is 51.6 Å². The van der Waals surface area contributed by atoms with Gasteiger partial charge < -0.3 is 0 Å². The van der Waals surface area contributed by atoms with Crippen LogP contribution in [0, 0.1) is 6.92 Å². The predicted molar refractivity (Wildman–Crippen MR) is 177 cm³/mol. The Labute approximate surface area is 249 Å². The van der Waals surface area contributed by atoms with Gasteiger partial charge in [0.2, 0.25) is 0 Å². The molecule has 4 heterocycles. The van der Waals surface area contributed by atoms with Crippen molar-refractivity contribution in [3.05, 3.63) is 146 Å². The van der Waals surface area contributed by atoms with Crippen LogP contribution in [0.3, 0.4) is 0 Å². The molecule has 0 spiro atoms. The molecule has 8 rings (SSSR count). The second-order valence-electron chi connectivity index (χ2n) is 10.9. The molecule has 0 aliphatic rings. The van der Waals surface area contributed by atoms with Gasteiger partial charge in [-0.25, -0.2) is 0 Å². The van der Waals surface area contributed by atoms with Gasteiger partial charge in [-0.1, -0.05) is 72.8 Å². The fourth-order valence-electron chi connectivity index (χ4n) is 5.88. The molecule has 4 aromatic carbocycles. The molecule has 0 radical (unpaired) electrons. The summed E-state index contributed by atoms with van der Waals surface area (Å²) in [7, 11) is 0. The van der Waals surface area contributed by atoms with Gasteiger partial charge in [-0.2, -0.15) is 0 Å². The number of pyridine rings is 4. The van der Waals surface area contributed by atoms with E-state index in [2.05, 4.69) is 94.9 Å². The molecule has 0 atom stereocenters. The van der Waals surface area contributed by atoms with Crippen LogP contribution in [0.4, 0.5) is 0 Å². The van der Waals surface area contributed by atoms with E-state index in [1.807, 2.05) is 55.8 Å². The summed E-state index contributed by atoms with van der Waals surface area (Å²) in [5.41, 5.74) is 9.09. The third-order valence-corrected chi connectivity index (χ3v) is 8.13. The fourth-order valence-corrected chi connectivity index (χ4v) is 5.88. The number of fused-ring (bicyclic) bond motifs is 6. The van der Waals surface area contributed by atoms with E-state index in [0.29, 0.717) is 0 Å². The summed E-state index contributed by atoms with van der Waals surface area (Å²) < 4.78 is 0. The van der Waals surface area contributed by atoms with E-state index in [1.165, 1.54) is 32.3 Å². The first-order valence-corrected chi connectivity index (χ1v) is 14.4. The van der Waals surface area contributed by atoms with Crippen molar-refractivity contribution in [3.8, 4) is 45.0 Å². The number of hydrogen-bond donors (Lipinski definition) is 0.